The SMILES string of the molecule is CN(C)C1(CNC(=O)CC(N)c2ccccc2)CCOCC1.Cl.Cl. The molecule has 2 rings (SSSR count). The summed E-state index contributed by atoms with van der Waals surface area (Å²) >= 11 is 0. The Balaban J connectivity index is 0.00000264. The van der Waals surface area contributed by atoms with Gasteiger partial charge in [-0.2, -0.15) is 0 Å². The lowest BCUT2D eigenvalue weighted by Gasteiger charge is -2.42. The molecule has 5 nitrogen and oxygen atoms in total. The van der Waals surface area contributed by atoms with Gasteiger partial charge in [0.1, 0.15) is 0 Å². The van der Waals surface area contributed by atoms with Crippen LogP contribution >= 0.6 is 24.8 Å². The number of likely N-dealkylation sites (N-methyl/N-ethyl adjacent to an activating group) is 1. The fraction of sp³-hybridized carbons (Fsp3) is 0.588. The van der Waals surface area contributed by atoms with Gasteiger partial charge >= 0.3 is 0 Å². The molecule has 1 aliphatic heterocycles. The predicted octanol–water partition coefficient (Wildman–Crippen LogP) is 2.15. The Morgan fingerprint density at radius 1 is 1.25 bits per heavy atom. The van der Waals surface area contributed by atoms with Gasteiger partial charge in [-0.05, 0) is 32.5 Å². The number of benzene rings is 1. The Bertz CT molecular complexity index is 480. The zero-order valence-corrected chi connectivity index (χ0v) is 16.0. The summed E-state index contributed by atoms with van der Waals surface area (Å²) in [5.41, 5.74) is 7.09. The smallest absolute Gasteiger partial charge is 0.221 e. The van der Waals surface area contributed by atoms with E-state index in [2.05, 4.69) is 24.3 Å². The number of carbonyl (C=O) groups excluding carboxylic acids is 1. The highest BCUT2D eigenvalue weighted by Crippen LogP contribution is 2.25. The molecule has 1 aromatic carbocycles. The molecule has 1 saturated heterocycles. The van der Waals surface area contributed by atoms with E-state index in [-0.39, 0.29) is 42.3 Å². The third-order valence-corrected chi connectivity index (χ3v) is 4.62. The Morgan fingerprint density at radius 3 is 2.38 bits per heavy atom. The van der Waals surface area contributed by atoms with Crippen molar-refractivity contribution < 1.29 is 9.53 Å². The monoisotopic (exact) mass is 377 g/mol. The van der Waals surface area contributed by atoms with Crippen LogP contribution in [0.25, 0.3) is 0 Å². The van der Waals surface area contributed by atoms with Crippen molar-refractivity contribution in [1.82, 2.24) is 10.2 Å². The molecule has 1 heterocycles. The fourth-order valence-corrected chi connectivity index (χ4v) is 2.89. The van der Waals surface area contributed by atoms with Gasteiger partial charge in [0.2, 0.25) is 5.91 Å². The van der Waals surface area contributed by atoms with Crippen molar-refractivity contribution in [2.24, 2.45) is 5.73 Å². The molecule has 1 amide bonds. The molecule has 1 fully saturated rings. The van der Waals surface area contributed by atoms with Crippen molar-refractivity contribution in [3.05, 3.63) is 35.9 Å². The fourth-order valence-electron chi connectivity index (χ4n) is 2.89. The van der Waals surface area contributed by atoms with Crippen LogP contribution in [0.5, 0.6) is 0 Å². The number of amides is 1. The Morgan fingerprint density at radius 2 is 1.83 bits per heavy atom. The van der Waals surface area contributed by atoms with E-state index >= 15 is 0 Å². The Labute approximate surface area is 157 Å². The summed E-state index contributed by atoms with van der Waals surface area (Å²) < 4.78 is 5.44. The first-order valence-electron chi connectivity index (χ1n) is 7.86. The Kier molecular flexibility index (Phi) is 10.5. The summed E-state index contributed by atoms with van der Waals surface area (Å²) in [5, 5.41) is 3.06. The van der Waals surface area contributed by atoms with Crippen molar-refractivity contribution in [3.63, 3.8) is 0 Å². The van der Waals surface area contributed by atoms with Crippen molar-refractivity contribution in [1.29, 1.82) is 0 Å². The molecule has 0 aromatic heterocycles. The topological polar surface area (TPSA) is 67.6 Å². The molecule has 1 aromatic rings. The molecular formula is C17H29Cl2N3O2. The lowest BCUT2D eigenvalue weighted by molar-refractivity contribution is -0.122. The molecule has 3 N–H and O–H groups in total. The number of ether oxygens (including phenoxy) is 1. The number of halogens is 2. The van der Waals surface area contributed by atoms with Crippen molar-refractivity contribution >= 4 is 30.7 Å². The molecule has 0 bridgehead atoms. The van der Waals surface area contributed by atoms with Gasteiger partial charge in [0.05, 0.1) is 0 Å². The third kappa shape index (κ3) is 6.22. The number of nitrogens with two attached hydrogens (primary N) is 1. The van der Waals surface area contributed by atoms with Gasteiger partial charge in [-0.3, -0.25) is 4.79 Å². The van der Waals surface area contributed by atoms with Crippen LogP contribution in [-0.4, -0.2) is 50.2 Å². The van der Waals surface area contributed by atoms with E-state index in [0.29, 0.717) is 13.0 Å². The number of hydrogen-bond donors (Lipinski definition) is 2. The van der Waals surface area contributed by atoms with Gasteiger partial charge in [0.25, 0.3) is 0 Å². The average Bonchev–Trinajstić information content (AvgIpc) is 2.54. The first-order valence-corrected chi connectivity index (χ1v) is 7.86. The number of rotatable bonds is 6. The van der Waals surface area contributed by atoms with Crippen LogP contribution < -0.4 is 11.1 Å². The zero-order chi connectivity index (χ0) is 16.0. The molecule has 24 heavy (non-hydrogen) atoms. The summed E-state index contributed by atoms with van der Waals surface area (Å²) in [6.45, 7) is 2.14. The molecule has 138 valence electrons. The van der Waals surface area contributed by atoms with E-state index in [4.69, 9.17) is 10.5 Å². The van der Waals surface area contributed by atoms with Crippen LogP contribution in [0.4, 0.5) is 0 Å². The van der Waals surface area contributed by atoms with E-state index in [1.54, 1.807) is 0 Å². The summed E-state index contributed by atoms with van der Waals surface area (Å²) in [6.07, 6.45) is 2.18. The van der Waals surface area contributed by atoms with E-state index < -0.39 is 0 Å². The first kappa shape index (κ1) is 23.1. The minimum absolute atomic E-state index is 0. The molecule has 0 radical (unpaired) electrons. The predicted molar refractivity (Wildman–Crippen MR) is 102 cm³/mol. The molecule has 7 heteroatoms. The van der Waals surface area contributed by atoms with Gasteiger partial charge < -0.3 is 20.7 Å². The van der Waals surface area contributed by atoms with Crippen molar-refractivity contribution in [2.75, 3.05) is 33.9 Å². The third-order valence-electron chi connectivity index (χ3n) is 4.62. The molecule has 1 atom stereocenters. The van der Waals surface area contributed by atoms with Crippen LogP contribution in [0.15, 0.2) is 30.3 Å². The molecule has 0 saturated carbocycles. The van der Waals surface area contributed by atoms with E-state index in [9.17, 15) is 4.79 Å². The summed E-state index contributed by atoms with van der Waals surface area (Å²) in [7, 11) is 4.13. The number of hydrogen-bond acceptors (Lipinski definition) is 4. The van der Waals surface area contributed by atoms with Crippen LogP contribution in [0.3, 0.4) is 0 Å². The first-order chi connectivity index (χ1) is 10.5. The van der Waals surface area contributed by atoms with E-state index in [0.717, 1.165) is 31.6 Å². The van der Waals surface area contributed by atoms with Crippen LogP contribution in [0.1, 0.15) is 30.9 Å². The van der Waals surface area contributed by atoms with Gasteiger partial charge in [-0.25, -0.2) is 0 Å². The molecule has 1 aliphatic rings. The van der Waals surface area contributed by atoms with Crippen molar-refractivity contribution in [3.8, 4) is 0 Å². The van der Waals surface area contributed by atoms with Crippen LogP contribution in [-0.2, 0) is 9.53 Å². The second-order valence-electron chi connectivity index (χ2n) is 6.23. The Hall–Kier alpha value is -0.850. The minimum atomic E-state index is -0.258. The van der Waals surface area contributed by atoms with E-state index in [1.807, 2.05) is 30.3 Å². The van der Waals surface area contributed by atoms with Crippen molar-refractivity contribution in [2.45, 2.75) is 30.8 Å². The summed E-state index contributed by atoms with van der Waals surface area (Å²) in [6, 6.07) is 9.48. The standard InChI is InChI=1S/C17H27N3O2.2ClH/c1-20(2)17(8-10-22-11-9-17)13-19-16(21)12-15(18)14-6-4-3-5-7-14;;/h3-7,15H,8-13,18H2,1-2H3,(H,19,21);2*1H. The largest absolute Gasteiger partial charge is 0.381 e. The highest BCUT2D eigenvalue weighted by atomic mass is 35.5. The lowest BCUT2D eigenvalue weighted by Crippen LogP contribution is -2.55. The maximum atomic E-state index is 12.2. The second-order valence-corrected chi connectivity index (χ2v) is 6.23. The second kappa shape index (κ2) is 10.9. The van der Waals surface area contributed by atoms with Crippen LogP contribution in [0.2, 0.25) is 0 Å². The van der Waals surface area contributed by atoms with Gasteiger partial charge in [-0.15, -0.1) is 24.8 Å². The summed E-state index contributed by atoms with van der Waals surface area (Å²) in [5.74, 6) is 0.00377. The lowest BCUT2D eigenvalue weighted by atomic mass is 9.88. The van der Waals surface area contributed by atoms with Gasteiger partial charge in [0.15, 0.2) is 0 Å². The quantitative estimate of drug-likeness (QED) is 0.796. The zero-order valence-electron chi connectivity index (χ0n) is 14.4. The minimum Gasteiger partial charge on any atom is -0.381 e. The maximum Gasteiger partial charge on any atom is 0.221 e. The number of carbonyl (C=O) groups is 1. The maximum absolute atomic E-state index is 12.2. The molecule has 0 spiro atoms. The van der Waals surface area contributed by atoms with E-state index in [1.165, 1.54) is 0 Å². The highest BCUT2D eigenvalue weighted by molar-refractivity contribution is 5.85. The number of nitrogens with zero attached hydrogens (tertiary/aromatic N) is 1. The molecular weight excluding hydrogens is 349 g/mol. The highest BCUT2D eigenvalue weighted by Gasteiger charge is 2.35. The number of nitrogens with one attached hydrogen (secondary N) is 1. The van der Waals surface area contributed by atoms with Crippen LogP contribution in [0, 0.1) is 0 Å². The normalized spacial score (nSPS) is 17.3. The average molecular weight is 378 g/mol. The summed E-state index contributed by atoms with van der Waals surface area (Å²) in [4.78, 5) is 14.4. The van der Waals surface area contributed by atoms with Gasteiger partial charge in [0, 0.05) is 37.8 Å². The van der Waals surface area contributed by atoms with Gasteiger partial charge in [-0.1, -0.05) is 30.3 Å². The molecule has 0 aliphatic carbocycles. The molecule has 1 unspecified atom stereocenters.